The summed E-state index contributed by atoms with van der Waals surface area (Å²) in [7, 11) is 0. The number of carbonyl (C=O) groups excluding carboxylic acids is 2. The van der Waals surface area contributed by atoms with Gasteiger partial charge in [0.25, 0.3) is 0 Å². The Hall–Kier alpha value is -3.61. The summed E-state index contributed by atoms with van der Waals surface area (Å²) in [4.78, 5) is 34.8. The van der Waals surface area contributed by atoms with Crippen molar-refractivity contribution in [2.45, 2.75) is 91.9 Å². The molecule has 2 heterocycles. The van der Waals surface area contributed by atoms with Crippen molar-refractivity contribution in [2.75, 3.05) is 18.0 Å². The number of hydrogen-bond donors (Lipinski definition) is 0. The molecule has 0 spiro atoms. The first kappa shape index (κ1) is 34.3. The van der Waals surface area contributed by atoms with E-state index in [4.69, 9.17) is 32.7 Å². The number of rotatable bonds is 5. The second kappa shape index (κ2) is 13.0. The zero-order valence-corrected chi connectivity index (χ0v) is 28.5. The number of anilines is 1. The number of aryl methyl sites for hydroxylation is 2. The fourth-order valence-corrected chi connectivity index (χ4v) is 5.87. The number of ether oxygens (including phenoxy) is 2. The van der Waals surface area contributed by atoms with E-state index in [0.717, 1.165) is 0 Å². The maximum absolute atomic E-state index is 16.8. The number of fused-ring (bicyclic) bond motifs is 1. The van der Waals surface area contributed by atoms with Crippen LogP contribution in [0.5, 0.6) is 0 Å². The van der Waals surface area contributed by atoms with Crippen LogP contribution in [0, 0.1) is 31.0 Å². The van der Waals surface area contributed by atoms with Gasteiger partial charge < -0.3 is 14.4 Å². The van der Waals surface area contributed by atoms with E-state index in [9.17, 15) is 14.9 Å². The fourth-order valence-electron chi connectivity index (χ4n) is 5.47. The minimum absolute atomic E-state index is 0.0374. The molecule has 240 valence electrons. The Bertz CT molecular complexity index is 1690. The van der Waals surface area contributed by atoms with Crippen LogP contribution in [0.25, 0.3) is 22.0 Å². The van der Waals surface area contributed by atoms with Crippen molar-refractivity contribution >= 4 is 52.0 Å². The van der Waals surface area contributed by atoms with E-state index in [2.05, 4.69) is 11.1 Å². The summed E-state index contributed by atoms with van der Waals surface area (Å²) in [6.45, 7) is 14.8. The van der Waals surface area contributed by atoms with Crippen LogP contribution in [0.1, 0.15) is 71.2 Å². The van der Waals surface area contributed by atoms with E-state index in [1.807, 2.05) is 6.92 Å². The molecule has 1 aromatic heterocycles. The number of nitriles is 1. The molecule has 0 saturated carbocycles. The van der Waals surface area contributed by atoms with E-state index < -0.39 is 35.2 Å². The van der Waals surface area contributed by atoms with Crippen LogP contribution in [-0.4, -0.2) is 52.4 Å². The Morgan fingerprint density at radius 3 is 2.42 bits per heavy atom. The molecule has 45 heavy (non-hydrogen) atoms. The molecule has 1 fully saturated rings. The zero-order valence-electron chi connectivity index (χ0n) is 27.0. The Morgan fingerprint density at radius 1 is 1.13 bits per heavy atom. The first-order chi connectivity index (χ1) is 20.9. The van der Waals surface area contributed by atoms with Gasteiger partial charge in [0.2, 0.25) is 0 Å². The molecule has 1 saturated heterocycles. The molecule has 1 unspecified atom stereocenters. The highest BCUT2D eigenvalue weighted by molar-refractivity contribution is 6.43. The molecule has 1 aliphatic heterocycles. The van der Waals surface area contributed by atoms with Gasteiger partial charge in [0.1, 0.15) is 16.7 Å². The predicted molar refractivity (Wildman–Crippen MR) is 175 cm³/mol. The number of benzene rings is 2. The molecular formula is C34H39Cl2FN4O4. The molecular weight excluding hydrogens is 618 g/mol. The van der Waals surface area contributed by atoms with Gasteiger partial charge in [-0.2, -0.15) is 5.26 Å². The van der Waals surface area contributed by atoms with Crippen LogP contribution < -0.4 is 4.90 Å². The lowest BCUT2D eigenvalue weighted by Gasteiger charge is -2.34. The minimum Gasteiger partial charge on any atom is -0.444 e. The van der Waals surface area contributed by atoms with Gasteiger partial charge >= 0.3 is 12.2 Å². The summed E-state index contributed by atoms with van der Waals surface area (Å²) >= 11 is 12.9. The van der Waals surface area contributed by atoms with Crippen molar-refractivity contribution in [2.24, 2.45) is 0 Å². The molecule has 0 bridgehead atoms. The highest BCUT2D eigenvalue weighted by atomic mass is 35.5. The summed E-state index contributed by atoms with van der Waals surface area (Å²) in [5, 5.41) is 10.3. The SMILES string of the molecule is Cc1nc2c(F)c(-c3cccc(Cl)c3Cl)c(CCC#N)cc2c(N(C(=O)OC(C)(C)C)C2CCN(C(=O)OC(C)(C)C)C2)c1C. The lowest BCUT2D eigenvalue weighted by molar-refractivity contribution is 0.0287. The maximum Gasteiger partial charge on any atom is 0.415 e. The van der Waals surface area contributed by atoms with Crippen molar-refractivity contribution in [3.05, 3.63) is 56.9 Å². The van der Waals surface area contributed by atoms with Crippen LogP contribution in [0.15, 0.2) is 24.3 Å². The number of pyridine rings is 1. The van der Waals surface area contributed by atoms with Crippen LogP contribution in [-0.2, 0) is 15.9 Å². The minimum atomic E-state index is -0.829. The van der Waals surface area contributed by atoms with Crippen LogP contribution in [0.4, 0.5) is 19.7 Å². The monoisotopic (exact) mass is 656 g/mol. The van der Waals surface area contributed by atoms with Crippen molar-refractivity contribution in [3.8, 4) is 17.2 Å². The lowest BCUT2D eigenvalue weighted by Crippen LogP contribution is -2.46. The molecule has 2 amide bonds. The van der Waals surface area contributed by atoms with Crippen LogP contribution in [0.3, 0.4) is 0 Å². The number of hydrogen-bond acceptors (Lipinski definition) is 6. The molecule has 0 radical (unpaired) electrons. The Kier molecular flexibility index (Phi) is 9.91. The van der Waals surface area contributed by atoms with E-state index >= 15 is 4.39 Å². The molecule has 0 aliphatic carbocycles. The molecule has 8 nitrogen and oxygen atoms in total. The Morgan fingerprint density at radius 2 is 1.80 bits per heavy atom. The van der Waals surface area contributed by atoms with Gasteiger partial charge in [-0.15, -0.1) is 0 Å². The number of halogens is 3. The summed E-state index contributed by atoms with van der Waals surface area (Å²) in [5.74, 6) is -0.639. The first-order valence-corrected chi connectivity index (χ1v) is 15.6. The summed E-state index contributed by atoms with van der Waals surface area (Å²) in [6, 6.07) is 8.38. The van der Waals surface area contributed by atoms with Gasteiger partial charge in [0.05, 0.1) is 27.8 Å². The summed E-state index contributed by atoms with van der Waals surface area (Å²) in [5.41, 5.74) is 1.23. The van der Waals surface area contributed by atoms with Gasteiger partial charge in [-0.25, -0.2) is 19.0 Å². The lowest BCUT2D eigenvalue weighted by atomic mass is 9.92. The summed E-state index contributed by atoms with van der Waals surface area (Å²) < 4.78 is 28.3. The van der Waals surface area contributed by atoms with E-state index in [1.165, 1.54) is 4.90 Å². The number of amides is 2. The topological polar surface area (TPSA) is 95.8 Å². The van der Waals surface area contributed by atoms with Gasteiger partial charge in [-0.05, 0) is 91.5 Å². The van der Waals surface area contributed by atoms with Crippen molar-refractivity contribution in [1.29, 1.82) is 5.26 Å². The van der Waals surface area contributed by atoms with Gasteiger partial charge in [-0.1, -0.05) is 35.3 Å². The van der Waals surface area contributed by atoms with E-state index in [0.29, 0.717) is 46.4 Å². The molecule has 0 N–H and O–H groups in total. The van der Waals surface area contributed by atoms with Crippen molar-refractivity contribution in [3.63, 3.8) is 0 Å². The van der Waals surface area contributed by atoms with Gasteiger partial charge in [-0.3, -0.25) is 4.90 Å². The van der Waals surface area contributed by atoms with Crippen molar-refractivity contribution in [1.82, 2.24) is 9.88 Å². The third-order valence-corrected chi connectivity index (χ3v) is 8.31. The average molecular weight is 658 g/mol. The Labute approximate surface area is 274 Å². The second-order valence-electron chi connectivity index (χ2n) is 13.3. The predicted octanol–water partition coefficient (Wildman–Crippen LogP) is 9.17. The molecule has 1 atom stereocenters. The third kappa shape index (κ3) is 7.45. The first-order valence-electron chi connectivity index (χ1n) is 14.9. The highest BCUT2D eigenvalue weighted by Gasteiger charge is 2.39. The van der Waals surface area contributed by atoms with Crippen LogP contribution >= 0.6 is 23.2 Å². The molecule has 2 aromatic carbocycles. The zero-order chi connectivity index (χ0) is 33.4. The fraction of sp³-hybridized carbons (Fsp3) is 0.471. The Balaban J connectivity index is 1.98. The standard InChI is InChI=1S/C34H39Cl2FN4O4/c1-19-20(2)39-29-24(17-21(11-10-15-38)26(28(29)37)23-12-9-13-25(35)27(23)36)30(19)41(32(43)45-34(6,7)8)22-14-16-40(18-22)31(42)44-33(3,4)5/h9,12-13,17,22H,10-11,14,16,18H2,1-8H3. The number of nitrogens with zero attached hydrogens (tertiary/aromatic N) is 4. The highest BCUT2D eigenvalue weighted by Crippen LogP contribution is 2.43. The average Bonchev–Trinajstić information content (AvgIpc) is 3.40. The van der Waals surface area contributed by atoms with Crippen LogP contribution in [0.2, 0.25) is 10.0 Å². The van der Waals surface area contributed by atoms with Gasteiger partial charge in [0.15, 0.2) is 5.82 Å². The van der Waals surface area contributed by atoms with Gasteiger partial charge in [0, 0.05) is 41.7 Å². The second-order valence-corrected chi connectivity index (χ2v) is 14.1. The molecule has 1 aliphatic rings. The number of aromatic nitrogens is 1. The normalized spacial score (nSPS) is 15.2. The smallest absolute Gasteiger partial charge is 0.415 e. The largest absolute Gasteiger partial charge is 0.444 e. The quantitative estimate of drug-likeness (QED) is 0.272. The maximum atomic E-state index is 16.8. The van der Waals surface area contributed by atoms with Crippen molar-refractivity contribution < 1.29 is 23.5 Å². The van der Waals surface area contributed by atoms with E-state index in [1.54, 1.807) is 77.6 Å². The third-order valence-electron chi connectivity index (χ3n) is 7.49. The van der Waals surface area contributed by atoms with E-state index in [-0.39, 0.29) is 40.5 Å². The summed E-state index contributed by atoms with van der Waals surface area (Å²) in [6.07, 6.45) is -0.326. The molecule has 11 heteroatoms. The molecule has 4 rings (SSSR count). The number of carbonyl (C=O) groups is 2. The number of likely N-dealkylation sites (tertiary alicyclic amines) is 1. The molecule has 3 aromatic rings.